The van der Waals surface area contributed by atoms with E-state index in [0.717, 1.165) is 0 Å². The van der Waals surface area contributed by atoms with Crippen LogP contribution in [0.1, 0.15) is 20.3 Å². The van der Waals surface area contributed by atoms with Gasteiger partial charge in [-0.05, 0) is 13.3 Å². The maximum Gasteiger partial charge on any atom is 0.309 e. The van der Waals surface area contributed by atoms with Crippen molar-refractivity contribution in [2.24, 2.45) is 5.16 Å². The van der Waals surface area contributed by atoms with Crippen molar-refractivity contribution in [2.75, 3.05) is 13.7 Å². The number of methoxy groups -OCH3 is 1. The highest BCUT2D eigenvalue weighted by molar-refractivity contribution is 5.80. The monoisotopic (exact) mass is 202 g/mol. The summed E-state index contributed by atoms with van der Waals surface area (Å²) in [7, 11) is 1.49. The number of rotatable bonds is 4. The van der Waals surface area contributed by atoms with Crippen molar-refractivity contribution in [3.05, 3.63) is 11.9 Å². The molecule has 0 aromatic rings. The molecule has 1 aliphatic heterocycles. The molecule has 0 N–H and O–H groups in total. The van der Waals surface area contributed by atoms with Crippen molar-refractivity contribution >= 4 is 5.84 Å². The Balaban J connectivity index is 2.57. The molecule has 1 heterocycles. The average Bonchev–Trinajstić information content (AvgIpc) is 2.48. The van der Waals surface area contributed by atoms with Crippen LogP contribution in [0.3, 0.4) is 0 Å². The normalized spacial score (nSPS) is 22.3. The van der Waals surface area contributed by atoms with Gasteiger partial charge in [-0.25, -0.2) is 4.39 Å². The Morgan fingerprint density at radius 1 is 1.79 bits per heavy atom. The van der Waals surface area contributed by atoms with Crippen LogP contribution in [0.15, 0.2) is 17.1 Å². The van der Waals surface area contributed by atoms with E-state index in [2.05, 4.69) is 5.16 Å². The Morgan fingerprint density at radius 3 is 3.07 bits per heavy atom. The van der Waals surface area contributed by atoms with E-state index >= 15 is 0 Å². The van der Waals surface area contributed by atoms with E-state index in [1.807, 2.05) is 6.92 Å². The molecular formula is C9H15FN2O2. The van der Waals surface area contributed by atoms with E-state index in [0.29, 0.717) is 12.3 Å². The van der Waals surface area contributed by atoms with Crippen molar-refractivity contribution < 1.29 is 14.0 Å². The Bertz CT molecular complexity index is 253. The highest BCUT2D eigenvalue weighted by Crippen LogP contribution is 2.15. The molecule has 14 heavy (non-hydrogen) atoms. The Hall–Kier alpha value is -1.10. The second-order valence-electron chi connectivity index (χ2n) is 2.97. The molecule has 0 bridgehead atoms. The predicted molar refractivity (Wildman–Crippen MR) is 51.2 cm³/mol. The van der Waals surface area contributed by atoms with Gasteiger partial charge in [-0.3, -0.25) is 4.90 Å². The van der Waals surface area contributed by atoms with Gasteiger partial charge in [-0.2, -0.15) is 0 Å². The van der Waals surface area contributed by atoms with E-state index < -0.39 is 6.41 Å². The summed E-state index contributed by atoms with van der Waals surface area (Å²) >= 11 is 0. The van der Waals surface area contributed by atoms with Gasteiger partial charge < -0.3 is 9.57 Å². The third-order valence-electron chi connectivity index (χ3n) is 1.89. The van der Waals surface area contributed by atoms with E-state index in [9.17, 15) is 4.39 Å². The van der Waals surface area contributed by atoms with Gasteiger partial charge in [-0.15, -0.1) is 0 Å². The molecule has 0 amide bonds. The fourth-order valence-electron chi connectivity index (χ4n) is 1.19. The van der Waals surface area contributed by atoms with Crippen LogP contribution in [-0.2, 0) is 9.57 Å². The van der Waals surface area contributed by atoms with Crippen molar-refractivity contribution in [3.8, 4) is 0 Å². The summed E-state index contributed by atoms with van der Waals surface area (Å²) in [4.78, 5) is 6.52. The van der Waals surface area contributed by atoms with Gasteiger partial charge in [0.2, 0.25) is 0 Å². The third-order valence-corrected chi connectivity index (χ3v) is 1.89. The van der Waals surface area contributed by atoms with Crippen molar-refractivity contribution in [1.82, 2.24) is 4.90 Å². The van der Waals surface area contributed by atoms with Gasteiger partial charge in [0.25, 0.3) is 0 Å². The molecule has 5 heteroatoms. The molecule has 0 aromatic carbocycles. The summed E-state index contributed by atoms with van der Waals surface area (Å²) in [6, 6.07) is 0. The largest absolute Gasteiger partial charge is 0.339 e. The minimum atomic E-state index is -0.606. The van der Waals surface area contributed by atoms with Crippen LogP contribution in [0.4, 0.5) is 4.39 Å². The summed E-state index contributed by atoms with van der Waals surface area (Å²) in [5.74, 6) is 0.422. The lowest BCUT2D eigenvalue weighted by molar-refractivity contribution is -0.166. The Labute approximate surface area is 83.0 Å². The zero-order valence-corrected chi connectivity index (χ0v) is 8.66. The van der Waals surface area contributed by atoms with Gasteiger partial charge in [0.15, 0.2) is 0 Å². The van der Waals surface area contributed by atoms with Crippen LogP contribution in [0.5, 0.6) is 0 Å². The molecule has 0 aromatic heterocycles. The molecule has 0 saturated carbocycles. The van der Waals surface area contributed by atoms with Crippen LogP contribution in [0.25, 0.3) is 0 Å². The molecule has 0 radical (unpaired) electrons. The highest BCUT2D eigenvalue weighted by Gasteiger charge is 2.27. The molecule has 1 unspecified atom stereocenters. The van der Waals surface area contributed by atoms with E-state index in [4.69, 9.17) is 9.57 Å². The molecule has 4 nitrogen and oxygen atoms in total. The third kappa shape index (κ3) is 2.45. The summed E-state index contributed by atoms with van der Waals surface area (Å²) in [5.41, 5.74) is 0. The molecule has 1 atom stereocenters. The van der Waals surface area contributed by atoms with E-state index in [-0.39, 0.29) is 12.4 Å². The zero-order valence-electron chi connectivity index (χ0n) is 8.66. The van der Waals surface area contributed by atoms with Crippen molar-refractivity contribution in [2.45, 2.75) is 26.7 Å². The lowest BCUT2D eigenvalue weighted by Gasteiger charge is -2.21. The first-order chi connectivity index (χ1) is 6.69. The number of allylic oxidation sites excluding steroid dienone is 1. The molecule has 0 fully saturated rings. The van der Waals surface area contributed by atoms with Crippen molar-refractivity contribution in [1.29, 1.82) is 0 Å². The first-order valence-corrected chi connectivity index (χ1v) is 4.53. The SMILES string of the molecule is CC/C=C(/F)CN1C(C)=NOC1OC. The first kappa shape index (κ1) is 11.0. The van der Waals surface area contributed by atoms with Gasteiger partial charge in [0.1, 0.15) is 11.7 Å². The topological polar surface area (TPSA) is 34.1 Å². The highest BCUT2D eigenvalue weighted by atomic mass is 19.1. The fraction of sp³-hybridized carbons (Fsp3) is 0.667. The molecule has 1 aliphatic rings. The minimum absolute atomic E-state index is 0.141. The molecule has 0 saturated heterocycles. The van der Waals surface area contributed by atoms with Crippen LogP contribution >= 0.6 is 0 Å². The molecule has 1 rings (SSSR count). The van der Waals surface area contributed by atoms with E-state index in [1.54, 1.807) is 11.8 Å². The fourth-order valence-corrected chi connectivity index (χ4v) is 1.19. The predicted octanol–water partition coefficient (Wildman–Crippen LogP) is 1.85. The maximum absolute atomic E-state index is 13.2. The number of halogens is 1. The van der Waals surface area contributed by atoms with E-state index in [1.165, 1.54) is 13.2 Å². The second kappa shape index (κ2) is 4.95. The summed E-state index contributed by atoms with van der Waals surface area (Å²) in [6.07, 6.45) is 1.60. The number of ether oxygens (including phenoxy) is 1. The first-order valence-electron chi connectivity index (χ1n) is 4.53. The Morgan fingerprint density at radius 2 is 2.50 bits per heavy atom. The molecule has 0 aliphatic carbocycles. The minimum Gasteiger partial charge on any atom is -0.339 e. The number of nitrogens with zero attached hydrogens (tertiary/aromatic N) is 2. The van der Waals surface area contributed by atoms with Crippen LogP contribution in [-0.4, -0.2) is 30.8 Å². The van der Waals surface area contributed by atoms with Crippen LogP contribution < -0.4 is 0 Å². The lowest BCUT2D eigenvalue weighted by atomic mass is 10.3. The number of oxime groups is 1. The van der Waals surface area contributed by atoms with Gasteiger partial charge in [0.05, 0.1) is 6.54 Å². The van der Waals surface area contributed by atoms with Gasteiger partial charge >= 0.3 is 6.41 Å². The summed E-state index contributed by atoms with van der Waals surface area (Å²) in [6.45, 7) is 3.77. The second-order valence-corrected chi connectivity index (χ2v) is 2.97. The number of hydrogen-bond donors (Lipinski definition) is 0. The zero-order chi connectivity index (χ0) is 10.6. The molecular weight excluding hydrogens is 187 g/mol. The van der Waals surface area contributed by atoms with Crippen LogP contribution in [0.2, 0.25) is 0 Å². The summed E-state index contributed by atoms with van der Waals surface area (Å²) in [5, 5.41) is 3.71. The smallest absolute Gasteiger partial charge is 0.309 e. The molecule has 0 spiro atoms. The average molecular weight is 202 g/mol. The Kier molecular flexibility index (Phi) is 3.88. The van der Waals surface area contributed by atoms with Gasteiger partial charge in [-0.1, -0.05) is 18.2 Å². The van der Waals surface area contributed by atoms with Gasteiger partial charge in [0, 0.05) is 7.11 Å². The quantitative estimate of drug-likeness (QED) is 0.697. The number of amidine groups is 1. The lowest BCUT2D eigenvalue weighted by Crippen LogP contribution is -2.37. The summed E-state index contributed by atoms with van der Waals surface area (Å²) < 4.78 is 18.2. The maximum atomic E-state index is 13.2. The van der Waals surface area contributed by atoms with Crippen LogP contribution in [0, 0.1) is 0 Å². The standard InChI is InChI=1S/C9H15FN2O2/c1-4-5-8(10)6-12-7(2)11-14-9(12)13-3/h5,9H,4,6H2,1-3H3/b8-5+. The van der Waals surface area contributed by atoms with Crippen molar-refractivity contribution in [3.63, 3.8) is 0 Å². The molecule has 80 valence electrons. The number of hydrogen-bond acceptors (Lipinski definition) is 4.